The number of carbonyl (C=O) groups is 2. The number of aliphatic hydroxyl groups excluding tert-OH is 2. The number of allylic oxidation sites excluding steroid dienone is 6. The number of esters is 2. The van der Waals surface area contributed by atoms with Crippen LogP contribution in [0, 0.1) is 0 Å². The van der Waals surface area contributed by atoms with E-state index in [1.807, 2.05) is 42.5 Å². The van der Waals surface area contributed by atoms with Crippen molar-refractivity contribution in [3.8, 4) is 0 Å². The van der Waals surface area contributed by atoms with Crippen LogP contribution in [0.1, 0.15) is 181 Å². The summed E-state index contributed by atoms with van der Waals surface area (Å²) in [6, 6.07) is 0. The first-order valence-corrected chi connectivity index (χ1v) is 19.8. The Bertz CT molecular complexity index is 830. The molecule has 0 aliphatic carbocycles. The van der Waals surface area contributed by atoms with Gasteiger partial charge in [0.25, 0.3) is 0 Å². The highest BCUT2D eigenvalue weighted by Crippen LogP contribution is 2.14. The van der Waals surface area contributed by atoms with E-state index < -0.39 is 12.2 Å². The predicted octanol–water partition coefficient (Wildman–Crippen LogP) is 11.2. The van der Waals surface area contributed by atoms with E-state index in [9.17, 15) is 19.8 Å². The Morgan fingerprint density at radius 1 is 0.583 bits per heavy atom. The van der Waals surface area contributed by atoms with Crippen molar-refractivity contribution in [1.29, 1.82) is 0 Å². The summed E-state index contributed by atoms with van der Waals surface area (Å²) in [7, 11) is 0. The maximum Gasteiger partial charge on any atom is 0.306 e. The number of rotatable bonds is 35. The van der Waals surface area contributed by atoms with Gasteiger partial charge in [0.1, 0.15) is 6.61 Å². The zero-order valence-electron chi connectivity index (χ0n) is 31.1. The van der Waals surface area contributed by atoms with E-state index in [2.05, 4.69) is 19.9 Å². The van der Waals surface area contributed by atoms with Crippen LogP contribution in [0.5, 0.6) is 0 Å². The van der Waals surface area contributed by atoms with Crippen LogP contribution in [0.25, 0.3) is 0 Å². The summed E-state index contributed by atoms with van der Waals surface area (Å²) < 4.78 is 10.5. The van der Waals surface area contributed by atoms with Gasteiger partial charge in [0, 0.05) is 12.8 Å². The van der Waals surface area contributed by atoms with E-state index in [4.69, 9.17) is 9.47 Å². The molecule has 6 nitrogen and oxygen atoms in total. The summed E-state index contributed by atoms with van der Waals surface area (Å²) in [6.07, 6.45) is 43.4. The van der Waals surface area contributed by atoms with E-state index >= 15 is 0 Å². The molecule has 0 aliphatic heterocycles. The summed E-state index contributed by atoms with van der Waals surface area (Å²) in [6.45, 7) is 3.99. The predicted molar refractivity (Wildman–Crippen MR) is 202 cm³/mol. The zero-order valence-corrected chi connectivity index (χ0v) is 31.1. The van der Waals surface area contributed by atoms with Gasteiger partial charge in [-0.05, 0) is 44.9 Å². The molecule has 0 aromatic heterocycles. The lowest BCUT2D eigenvalue weighted by Crippen LogP contribution is -2.28. The molecule has 0 saturated heterocycles. The molecule has 0 fully saturated rings. The highest BCUT2D eigenvalue weighted by Gasteiger charge is 2.16. The van der Waals surface area contributed by atoms with Crippen LogP contribution in [0.15, 0.2) is 48.6 Å². The van der Waals surface area contributed by atoms with Crippen LogP contribution in [-0.2, 0) is 19.1 Å². The summed E-state index contributed by atoms with van der Waals surface area (Å²) >= 11 is 0. The molecule has 0 aromatic rings. The van der Waals surface area contributed by atoms with Gasteiger partial charge < -0.3 is 19.7 Å². The van der Waals surface area contributed by atoms with E-state index in [1.165, 1.54) is 103 Å². The SMILES string of the molecule is CCCCC/C=C\C=C/[C@@H](O)C/C=C\C/C=C/CCCC(=O)OC[C@H](CO)OC(=O)CCCCCCCCCCCCCCCCCC. The van der Waals surface area contributed by atoms with Crippen LogP contribution in [-0.4, -0.2) is 47.6 Å². The third-order valence-electron chi connectivity index (χ3n) is 8.46. The molecule has 0 radical (unpaired) electrons. The second-order valence-electron chi connectivity index (χ2n) is 13.2. The Morgan fingerprint density at radius 2 is 1.10 bits per heavy atom. The molecule has 48 heavy (non-hydrogen) atoms. The smallest absolute Gasteiger partial charge is 0.306 e. The fourth-order valence-corrected chi connectivity index (χ4v) is 5.39. The van der Waals surface area contributed by atoms with Gasteiger partial charge >= 0.3 is 11.9 Å². The first kappa shape index (κ1) is 45.8. The zero-order chi connectivity index (χ0) is 35.2. The van der Waals surface area contributed by atoms with Gasteiger partial charge in [-0.15, -0.1) is 0 Å². The highest BCUT2D eigenvalue weighted by molar-refractivity contribution is 5.70. The van der Waals surface area contributed by atoms with Crippen molar-refractivity contribution in [2.24, 2.45) is 0 Å². The number of hydrogen-bond acceptors (Lipinski definition) is 6. The second kappa shape index (κ2) is 37.6. The molecule has 0 bridgehead atoms. The van der Waals surface area contributed by atoms with E-state index in [0.717, 1.165) is 38.5 Å². The summed E-state index contributed by atoms with van der Waals surface area (Å²) in [5.74, 6) is -0.695. The molecular formula is C42H74O6. The average Bonchev–Trinajstić information content (AvgIpc) is 3.08. The molecule has 0 unspecified atom stereocenters. The van der Waals surface area contributed by atoms with Crippen LogP contribution < -0.4 is 0 Å². The minimum Gasteiger partial charge on any atom is -0.462 e. The molecule has 278 valence electrons. The second-order valence-corrected chi connectivity index (χ2v) is 13.2. The van der Waals surface area contributed by atoms with Crippen molar-refractivity contribution in [1.82, 2.24) is 0 Å². The number of carbonyl (C=O) groups excluding carboxylic acids is 2. The van der Waals surface area contributed by atoms with Gasteiger partial charge in [-0.1, -0.05) is 172 Å². The molecule has 0 aliphatic rings. The van der Waals surface area contributed by atoms with Gasteiger partial charge in [-0.3, -0.25) is 9.59 Å². The van der Waals surface area contributed by atoms with Gasteiger partial charge in [-0.2, -0.15) is 0 Å². The number of aliphatic hydroxyl groups is 2. The van der Waals surface area contributed by atoms with Gasteiger partial charge in [-0.25, -0.2) is 0 Å². The molecule has 2 atom stereocenters. The molecule has 0 saturated carbocycles. The van der Waals surface area contributed by atoms with Crippen LogP contribution in [0.4, 0.5) is 0 Å². The minimum absolute atomic E-state index is 0.114. The largest absolute Gasteiger partial charge is 0.462 e. The minimum atomic E-state index is -0.810. The maximum absolute atomic E-state index is 12.2. The topological polar surface area (TPSA) is 93.1 Å². The van der Waals surface area contributed by atoms with Crippen LogP contribution in [0.3, 0.4) is 0 Å². The van der Waals surface area contributed by atoms with Crippen molar-refractivity contribution in [3.05, 3.63) is 48.6 Å². The Morgan fingerprint density at radius 3 is 1.71 bits per heavy atom. The Balaban J connectivity index is 3.71. The average molecular weight is 675 g/mol. The Kier molecular flexibility index (Phi) is 35.9. The third-order valence-corrected chi connectivity index (χ3v) is 8.46. The summed E-state index contributed by atoms with van der Waals surface area (Å²) in [4.78, 5) is 24.2. The molecule has 0 amide bonds. The van der Waals surface area contributed by atoms with Gasteiger partial charge in [0.05, 0.1) is 12.7 Å². The maximum atomic E-state index is 12.2. The fourth-order valence-electron chi connectivity index (χ4n) is 5.39. The number of ether oxygens (including phenoxy) is 2. The van der Waals surface area contributed by atoms with Crippen LogP contribution >= 0.6 is 0 Å². The molecule has 0 aromatic carbocycles. The standard InChI is InChI=1S/C42H74O6/c1-3-5-7-9-11-12-13-14-15-16-17-18-19-23-28-32-36-42(46)48-40(37-43)38-47-41(45)35-31-27-24-20-22-26-30-34-39(44)33-29-25-21-10-8-6-4-2/h20-21,24-26,29-30,33,39-40,43-44H,3-19,22-23,27-28,31-32,34-38H2,1-2H3/b24-20+,25-21-,30-26-,33-29-/t39-,40+/m1/s1. The molecule has 2 N–H and O–H groups in total. The van der Waals surface area contributed by atoms with E-state index in [0.29, 0.717) is 19.3 Å². The molecular weight excluding hydrogens is 600 g/mol. The first-order chi connectivity index (χ1) is 23.5. The van der Waals surface area contributed by atoms with Crippen molar-refractivity contribution < 1.29 is 29.3 Å². The van der Waals surface area contributed by atoms with Crippen molar-refractivity contribution in [2.45, 2.75) is 193 Å². The lowest BCUT2D eigenvalue weighted by Gasteiger charge is -2.15. The Labute approximate surface area is 295 Å². The van der Waals surface area contributed by atoms with Crippen molar-refractivity contribution >= 4 is 11.9 Å². The quantitative estimate of drug-likeness (QED) is 0.0301. The summed E-state index contributed by atoms with van der Waals surface area (Å²) in [5, 5.41) is 19.5. The van der Waals surface area contributed by atoms with E-state index in [-0.39, 0.29) is 31.6 Å². The molecule has 6 heteroatoms. The summed E-state index contributed by atoms with van der Waals surface area (Å²) in [5.41, 5.74) is 0. The number of unbranched alkanes of at least 4 members (excludes halogenated alkanes) is 19. The first-order valence-electron chi connectivity index (χ1n) is 19.8. The van der Waals surface area contributed by atoms with Crippen LogP contribution in [0.2, 0.25) is 0 Å². The molecule has 0 rings (SSSR count). The van der Waals surface area contributed by atoms with E-state index in [1.54, 1.807) is 0 Å². The lowest BCUT2D eigenvalue weighted by molar-refractivity contribution is -0.161. The van der Waals surface area contributed by atoms with Gasteiger partial charge in [0.2, 0.25) is 0 Å². The van der Waals surface area contributed by atoms with Crippen molar-refractivity contribution in [3.63, 3.8) is 0 Å². The molecule has 0 heterocycles. The van der Waals surface area contributed by atoms with Gasteiger partial charge in [0.15, 0.2) is 6.10 Å². The monoisotopic (exact) mass is 675 g/mol. The fraction of sp³-hybridized carbons (Fsp3) is 0.762. The Hall–Kier alpha value is -2.18. The van der Waals surface area contributed by atoms with Crippen molar-refractivity contribution in [2.75, 3.05) is 13.2 Å². The third kappa shape index (κ3) is 35.1. The number of hydrogen-bond donors (Lipinski definition) is 2. The normalized spacial score (nSPS) is 13.3. The highest BCUT2D eigenvalue weighted by atomic mass is 16.6. The molecule has 0 spiro atoms. The lowest BCUT2D eigenvalue weighted by atomic mass is 10.0.